The lowest BCUT2D eigenvalue weighted by Crippen LogP contribution is -2.34. The Morgan fingerprint density at radius 3 is 2.59 bits per heavy atom. The first kappa shape index (κ1) is 27.4. The van der Waals surface area contributed by atoms with Crippen molar-refractivity contribution in [2.24, 2.45) is 16.6 Å². The van der Waals surface area contributed by atoms with Crippen LogP contribution in [-0.2, 0) is 4.79 Å². The molecule has 0 unspecified atom stereocenters. The van der Waals surface area contributed by atoms with E-state index in [-0.39, 0.29) is 6.04 Å². The van der Waals surface area contributed by atoms with Crippen molar-refractivity contribution in [2.75, 3.05) is 25.0 Å². The Hall–Kier alpha value is -2.80. The average Bonchev–Trinajstić information content (AvgIpc) is 3.61. The molecule has 1 amide bonds. The minimum atomic E-state index is -0.493. The predicted octanol–water partition coefficient (Wildman–Crippen LogP) is 4.65. The number of nitrogens with zero attached hydrogens (tertiary/aromatic N) is 1. The van der Waals surface area contributed by atoms with Crippen LogP contribution in [0.1, 0.15) is 65.9 Å². The third-order valence-corrected chi connectivity index (χ3v) is 5.78. The van der Waals surface area contributed by atoms with E-state index in [1.807, 2.05) is 26.0 Å². The van der Waals surface area contributed by atoms with E-state index in [4.69, 9.17) is 15.5 Å². The molecule has 34 heavy (non-hydrogen) atoms. The number of amides is 1. The maximum Gasteiger partial charge on any atom is 0.252 e. The zero-order valence-corrected chi connectivity index (χ0v) is 21.8. The molecule has 1 atom stereocenters. The van der Waals surface area contributed by atoms with Crippen LogP contribution in [0.5, 0.6) is 5.75 Å². The second-order valence-electron chi connectivity index (χ2n) is 9.17. The molecule has 0 bridgehead atoms. The number of rotatable bonds is 14. The molecule has 1 saturated carbocycles. The number of nitrogens with two attached hydrogens (primary N) is 1. The first-order valence-corrected chi connectivity index (χ1v) is 12.5. The summed E-state index contributed by atoms with van der Waals surface area (Å²) in [5.74, 6) is 2.12. The Morgan fingerprint density at radius 1 is 1.29 bits per heavy atom. The Kier molecular flexibility index (Phi) is 11.1. The number of anilines is 1. The monoisotopic (exact) mass is 469 g/mol. The molecule has 7 nitrogen and oxygen atoms in total. The van der Waals surface area contributed by atoms with Crippen LogP contribution in [0, 0.1) is 12.8 Å². The lowest BCUT2D eigenvalue weighted by molar-refractivity contribution is -0.114. The highest BCUT2D eigenvalue weighted by atomic mass is 16.5. The molecular weight excluding hydrogens is 426 g/mol. The van der Waals surface area contributed by atoms with E-state index in [2.05, 4.69) is 42.8 Å². The fourth-order valence-electron chi connectivity index (χ4n) is 3.34. The SMILES string of the molecule is C/C=C(/C(N)=O)C(=NC1CC1)NC(Nc1ccc(C)c(OC[C@H](CC)CNCCC)c1)=C(C)C. The minimum absolute atomic E-state index is 0.243. The van der Waals surface area contributed by atoms with Gasteiger partial charge in [0.1, 0.15) is 17.4 Å². The number of benzene rings is 1. The van der Waals surface area contributed by atoms with Crippen LogP contribution in [0.15, 0.2) is 46.2 Å². The number of aryl methyl sites for hydroxylation is 1. The van der Waals surface area contributed by atoms with Gasteiger partial charge in [-0.05, 0) is 77.1 Å². The van der Waals surface area contributed by atoms with E-state index in [1.165, 1.54) is 0 Å². The standard InChI is InChI=1S/C27H43N5O2/c1-7-14-29-16-20(8-2)17-34-24-15-22(11-10-19(24)6)31-26(18(4)5)32-27(30-21-12-13-21)23(9-3)25(28)33/h9-11,15,20-21,29,31H,7-8,12-14,16-17H2,1-6H3,(H2,28,33)(H,30,32)/b23-9-/t20-/m1/s1. The quantitative estimate of drug-likeness (QED) is 0.138. The predicted molar refractivity (Wildman–Crippen MR) is 142 cm³/mol. The fraction of sp³-hybridized carbons (Fsp3) is 0.556. The Morgan fingerprint density at radius 2 is 2.03 bits per heavy atom. The molecule has 1 aromatic carbocycles. The van der Waals surface area contributed by atoms with Crippen molar-refractivity contribution in [3.8, 4) is 5.75 Å². The molecule has 0 saturated heterocycles. The van der Waals surface area contributed by atoms with Gasteiger partial charge in [-0.25, -0.2) is 0 Å². The van der Waals surface area contributed by atoms with Crippen molar-refractivity contribution in [1.82, 2.24) is 10.6 Å². The smallest absolute Gasteiger partial charge is 0.252 e. The highest BCUT2D eigenvalue weighted by Gasteiger charge is 2.24. The van der Waals surface area contributed by atoms with Crippen molar-refractivity contribution in [3.63, 3.8) is 0 Å². The number of nitrogens with one attached hydrogen (secondary N) is 3. The summed E-state index contributed by atoms with van der Waals surface area (Å²) in [4.78, 5) is 16.7. The van der Waals surface area contributed by atoms with Crippen molar-refractivity contribution < 1.29 is 9.53 Å². The van der Waals surface area contributed by atoms with Crippen LogP contribution < -0.4 is 26.4 Å². The van der Waals surface area contributed by atoms with Gasteiger partial charge >= 0.3 is 0 Å². The number of carbonyl (C=O) groups excluding carboxylic acids is 1. The molecule has 0 aromatic heterocycles. The summed E-state index contributed by atoms with van der Waals surface area (Å²) in [5.41, 5.74) is 9.01. The number of allylic oxidation sites excluding steroid dienone is 2. The number of hydrogen-bond donors (Lipinski definition) is 4. The first-order chi connectivity index (χ1) is 16.3. The number of aliphatic imine (C=N–C) groups is 1. The summed E-state index contributed by atoms with van der Waals surface area (Å²) in [6, 6.07) is 6.34. The molecule has 5 N–H and O–H groups in total. The normalized spacial score (nSPS) is 15.0. The molecular formula is C27H43N5O2. The molecule has 0 heterocycles. The highest BCUT2D eigenvalue weighted by Crippen LogP contribution is 2.26. The summed E-state index contributed by atoms with van der Waals surface area (Å²) in [6.45, 7) is 14.9. The van der Waals surface area contributed by atoms with Gasteiger partial charge in [0.25, 0.3) is 5.91 Å². The Labute approximate surface area is 205 Å². The maximum atomic E-state index is 12.0. The summed E-state index contributed by atoms with van der Waals surface area (Å²) >= 11 is 0. The molecule has 1 aromatic rings. The summed E-state index contributed by atoms with van der Waals surface area (Å²) in [6.07, 6.45) is 5.97. The van der Waals surface area contributed by atoms with Gasteiger partial charge in [0.2, 0.25) is 0 Å². The summed E-state index contributed by atoms with van der Waals surface area (Å²) in [7, 11) is 0. The van der Waals surface area contributed by atoms with Gasteiger partial charge in [-0.3, -0.25) is 9.79 Å². The van der Waals surface area contributed by atoms with E-state index >= 15 is 0 Å². The van der Waals surface area contributed by atoms with Gasteiger partial charge in [-0.15, -0.1) is 0 Å². The van der Waals surface area contributed by atoms with Gasteiger partial charge in [-0.1, -0.05) is 26.0 Å². The molecule has 0 radical (unpaired) electrons. The van der Waals surface area contributed by atoms with Crippen molar-refractivity contribution in [2.45, 2.75) is 73.3 Å². The number of carbonyl (C=O) groups is 1. The highest BCUT2D eigenvalue weighted by molar-refractivity contribution is 6.20. The van der Waals surface area contributed by atoms with Crippen molar-refractivity contribution in [3.05, 3.63) is 46.8 Å². The molecule has 188 valence electrons. The van der Waals surface area contributed by atoms with E-state index < -0.39 is 5.91 Å². The van der Waals surface area contributed by atoms with Gasteiger partial charge in [-0.2, -0.15) is 0 Å². The van der Waals surface area contributed by atoms with Crippen LogP contribution in [0.25, 0.3) is 0 Å². The third-order valence-electron chi connectivity index (χ3n) is 5.78. The molecule has 0 spiro atoms. The van der Waals surface area contributed by atoms with Crippen molar-refractivity contribution in [1.29, 1.82) is 0 Å². The van der Waals surface area contributed by atoms with E-state index in [1.54, 1.807) is 13.0 Å². The van der Waals surface area contributed by atoms with Crippen LogP contribution in [0.2, 0.25) is 0 Å². The first-order valence-electron chi connectivity index (χ1n) is 12.5. The van der Waals surface area contributed by atoms with E-state index in [0.717, 1.165) is 67.2 Å². The van der Waals surface area contributed by atoms with Crippen molar-refractivity contribution >= 4 is 17.4 Å². The third kappa shape index (κ3) is 8.86. The van der Waals surface area contributed by atoms with Gasteiger partial charge < -0.3 is 26.4 Å². The maximum absolute atomic E-state index is 12.0. The van der Waals surface area contributed by atoms with Crippen LogP contribution in [0.3, 0.4) is 0 Å². The number of ether oxygens (including phenoxy) is 1. The second-order valence-corrected chi connectivity index (χ2v) is 9.17. The largest absolute Gasteiger partial charge is 0.493 e. The second kappa shape index (κ2) is 13.8. The molecule has 1 aliphatic carbocycles. The van der Waals surface area contributed by atoms with Crippen LogP contribution in [0.4, 0.5) is 5.69 Å². The van der Waals surface area contributed by atoms with E-state index in [9.17, 15) is 4.79 Å². The Balaban J connectivity index is 2.15. The fourth-order valence-corrected chi connectivity index (χ4v) is 3.34. The van der Waals surface area contributed by atoms with Gasteiger partial charge in [0.05, 0.1) is 18.2 Å². The minimum Gasteiger partial charge on any atom is -0.493 e. The molecule has 1 fully saturated rings. The molecule has 1 aliphatic rings. The zero-order valence-electron chi connectivity index (χ0n) is 21.8. The molecule has 2 rings (SSSR count). The van der Waals surface area contributed by atoms with Gasteiger partial charge in [0, 0.05) is 24.2 Å². The zero-order chi connectivity index (χ0) is 25.1. The lowest BCUT2D eigenvalue weighted by Gasteiger charge is -2.20. The Bertz CT molecular complexity index is 912. The molecule has 0 aliphatic heterocycles. The number of hydrogen-bond acceptors (Lipinski definition) is 5. The summed E-state index contributed by atoms with van der Waals surface area (Å²) < 4.78 is 6.22. The topological polar surface area (TPSA) is 101 Å². The van der Waals surface area contributed by atoms with Crippen LogP contribution >= 0.6 is 0 Å². The van der Waals surface area contributed by atoms with E-state index in [0.29, 0.717) is 23.9 Å². The average molecular weight is 470 g/mol. The van der Waals surface area contributed by atoms with Crippen LogP contribution in [-0.4, -0.2) is 37.5 Å². The lowest BCUT2D eigenvalue weighted by atomic mass is 10.1. The van der Waals surface area contributed by atoms with Gasteiger partial charge in [0.15, 0.2) is 0 Å². The molecule has 7 heteroatoms. The number of primary amides is 1. The number of amidine groups is 1. The summed E-state index contributed by atoms with van der Waals surface area (Å²) in [5, 5.41) is 10.3.